The van der Waals surface area contributed by atoms with Gasteiger partial charge >= 0.3 is 22.7 Å². The molecule has 21 heteroatoms. The van der Waals surface area contributed by atoms with Crippen LogP contribution in [0.1, 0.15) is 22.8 Å². The molecule has 6 heterocycles. The molecule has 3 N–H and O–H groups in total. The van der Waals surface area contributed by atoms with Crippen molar-refractivity contribution in [2.75, 3.05) is 0 Å². The number of aromatic hydroxyl groups is 1. The number of hydrogen-bond acceptors (Lipinski definition) is 15. The number of hydrogen-bond donors (Lipinski definition) is 3. The molecule has 3 aliphatic rings. The average molecular weight is 1100 g/mol. The van der Waals surface area contributed by atoms with Crippen LogP contribution in [0.3, 0.4) is 0 Å². The zero-order valence-electron chi connectivity index (χ0n) is 42.6. The Labute approximate surface area is 466 Å². The first kappa shape index (κ1) is 50.3. The van der Waals surface area contributed by atoms with Gasteiger partial charge in [-0.1, -0.05) is 91.0 Å². The van der Waals surface area contributed by atoms with Crippen molar-refractivity contribution in [1.29, 1.82) is 0 Å². The molecule has 0 saturated heterocycles. The Hall–Kier alpha value is -12.3. The zero-order valence-corrected chi connectivity index (χ0v) is 42.6. The minimum atomic E-state index is -0.915. The van der Waals surface area contributed by atoms with E-state index in [1.807, 2.05) is 133 Å². The van der Waals surface area contributed by atoms with Gasteiger partial charge in [-0.15, -0.1) is 0 Å². The van der Waals surface area contributed by atoms with Gasteiger partial charge in [0, 0.05) is 80.7 Å². The second-order valence-electron chi connectivity index (χ2n) is 19.0. The highest BCUT2D eigenvalue weighted by molar-refractivity contribution is 6.00. The number of aromatic nitrogens is 4. The molecule has 16 bridgehead atoms. The van der Waals surface area contributed by atoms with Gasteiger partial charge in [0.2, 0.25) is 23.0 Å². The lowest BCUT2D eigenvalue weighted by Gasteiger charge is -2.16. The van der Waals surface area contributed by atoms with E-state index in [9.17, 15) is 45.6 Å². The molecule has 21 nitrogen and oxygen atoms in total. The molecule has 0 amide bonds. The summed E-state index contributed by atoms with van der Waals surface area (Å²) in [5.74, 6) is -3.91. The van der Waals surface area contributed by atoms with Crippen molar-refractivity contribution in [3.63, 3.8) is 0 Å². The van der Waals surface area contributed by atoms with E-state index in [0.29, 0.717) is 51.5 Å². The second kappa shape index (κ2) is 20.2. The monoisotopic (exact) mass is 1100 g/mol. The Kier molecular flexibility index (Phi) is 12.2. The fourth-order valence-corrected chi connectivity index (χ4v) is 10.2. The van der Waals surface area contributed by atoms with E-state index in [2.05, 4.69) is 9.97 Å². The summed E-state index contributed by atoms with van der Waals surface area (Å²) in [6.45, 7) is 0. The molecule has 7 aromatic carbocycles. The first-order valence-electron chi connectivity index (χ1n) is 25.3. The average Bonchev–Trinajstić information content (AvgIpc) is 3.51. The number of rotatable bonds is 8. The van der Waals surface area contributed by atoms with Crippen LogP contribution in [-0.4, -0.2) is 44.7 Å². The molecule has 0 saturated carbocycles. The van der Waals surface area contributed by atoms with E-state index in [0.717, 1.165) is 74.7 Å². The first-order chi connectivity index (χ1) is 40.3. The maximum atomic E-state index is 12.8. The molecule has 0 atom stereocenters. The van der Waals surface area contributed by atoms with Crippen LogP contribution < -0.4 is 18.9 Å². The van der Waals surface area contributed by atoms with Gasteiger partial charge in [0.05, 0.1) is 42.5 Å². The fraction of sp³-hybridized carbons (Fsp3) is 0. The predicted octanol–water partition coefficient (Wildman–Crippen LogP) is 16.1. The zero-order chi connectivity index (χ0) is 57.0. The van der Waals surface area contributed by atoms with E-state index in [1.54, 1.807) is 6.08 Å². The number of benzene rings is 7. The normalized spacial score (nSPS) is 12.1. The number of nitro benzene ring substituents is 4. The summed E-state index contributed by atoms with van der Waals surface area (Å²) in [7, 11) is 0. The fourth-order valence-electron chi connectivity index (χ4n) is 10.2. The number of nitrogens with one attached hydrogen (secondary N) is 2. The Balaban J connectivity index is 1.13. The molecular weight excluding hydrogens is 1060 g/mol. The largest absolute Gasteiger partial charge is 0.508 e. The van der Waals surface area contributed by atoms with Crippen LogP contribution in [0.15, 0.2) is 176 Å². The van der Waals surface area contributed by atoms with Gasteiger partial charge in [-0.25, -0.2) is 9.97 Å². The van der Waals surface area contributed by atoms with Crippen molar-refractivity contribution in [2.24, 2.45) is 0 Å². The van der Waals surface area contributed by atoms with Crippen molar-refractivity contribution in [1.82, 2.24) is 19.9 Å². The summed E-state index contributed by atoms with van der Waals surface area (Å²) in [6, 6.07) is 47.5. The lowest BCUT2D eigenvalue weighted by molar-refractivity contribution is -0.395. The molecule has 402 valence electrons. The minimum Gasteiger partial charge on any atom is -0.508 e. The maximum absolute atomic E-state index is 12.8. The van der Waals surface area contributed by atoms with Crippen LogP contribution in [0, 0.1) is 40.5 Å². The molecule has 10 aromatic rings. The smallest absolute Gasteiger partial charge is 0.318 e. The Morgan fingerprint density at radius 3 is 0.904 bits per heavy atom. The van der Waals surface area contributed by atoms with Crippen LogP contribution in [0.25, 0.3) is 90.9 Å². The van der Waals surface area contributed by atoms with E-state index in [-0.39, 0.29) is 28.6 Å². The maximum Gasteiger partial charge on any atom is 0.318 e. The number of H-pyrrole nitrogens is 2. The third-order valence-electron chi connectivity index (χ3n) is 13.8. The van der Waals surface area contributed by atoms with Crippen LogP contribution in [-0.2, 0) is 0 Å². The molecule has 0 unspecified atom stereocenters. The summed E-state index contributed by atoms with van der Waals surface area (Å²) >= 11 is 0. The van der Waals surface area contributed by atoms with Crippen LogP contribution in [0.2, 0.25) is 0 Å². The number of phenols is 1. The molecule has 13 rings (SSSR count). The Morgan fingerprint density at radius 1 is 0.337 bits per heavy atom. The summed E-state index contributed by atoms with van der Waals surface area (Å²) in [5.41, 5.74) is 6.87. The number of aromatic amines is 2. The van der Waals surface area contributed by atoms with Gasteiger partial charge in [-0.2, -0.15) is 0 Å². The molecule has 0 radical (unpaired) electrons. The number of nitrogens with zero attached hydrogens (tertiary/aromatic N) is 6. The van der Waals surface area contributed by atoms with Crippen molar-refractivity contribution in [2.45, 2.75) is 0 Å². The van der Waals surface area contributed by atoms with Crippen LogP contribution in [0.5, 0.6) is 51.7 Å². The topological polar surface area (TPSA) is 287 Å². The molecular formula is C62H36N8O13. The van der Waals surface area contributed by atoms with Gasteiger partial charge < -0.3 is 34.0 Å². The summed E-state index contributed by atoms with van der Waals surface area (Å²) in [4.78, 5) is 65.2. The third kappa shape index (κ3) is 9.48. The molecule has 3 aromatic heterocycles. The van der Waals surface area contributed by atoms with Crippen molar-refractivity contribution < 1.29 is 43.7 Å². The first-order valence-corrected chi connectivity index (χ1v) is 25.3. The lowest BCUT2D eigenvalue weighted by atomic mass is 10.0. The number of ether oxygens (including phenoxy) is 4. The summed E-state index contributed by atoms with van der Waals surface area (Å²) in [5, 5.41) is 61.5. The van der Waals surface area contributed by atoms with Gasteiger partial charge in [-0.3, -0.25) is 40.5 Å². The number of fused-ring (bicyclic) bond motifs is 16. The molecule has 0 aliphatic carbocycles. The lowest BCUT2D eigenvalue weighted by Crippen LogP contribution is -2.01. The highest BCUT2D eigenvalue weighted by Gasteiger charge is 2.32. The highest BCUT2D eigenvalue weighted by atomic mass is 16.6. The van der Waals surface area contributed by atoms with Crippen molar-refractivity contribution in [3.8, 4) is 96.3 Å². The standard InChI is InChI=1S/C62H36N8O13/c71-38-26-41-29-42(27-38)83-58-33-56(52(68(74)75)31-54(58)70(78)79)81-40-25-37(24-39(28-40)80-55-32-57(82-41)53(69(76)77)30-51(55)67(72)73)62-49-22-20-47(65-49)60(35-12-6-2-7-13-35)45-18-16-43(63-45)59(34-10-4-1-5-11-34)44-17-19-46(64-44)61(36-14-8-3-9-15-36)48-21-23-50(62)66-48/h1-33,63,66,71H. The van der Waals surface area contributed by atoms with Crippen molar-refractivity contribution in [3.05, 3.63) is 239 Å². The predicted molar refractivity (Wildman–Crippen MR) is 309 cm³/mol. The van der Waals surface area contributed by atoms with Gasteiger partial charge in [0.1, 0.15) is 40.9 Å². The summed E-state index contributed by atoms with van der Waals surface area (Å²) in [6.07, 6.45) is 7.59. The SMILES string of the molecule is O=[N+]([O-])c1cc([N+](=O)[O-])c2cc1Oc1cc(O)cc(c1)Oc1cc(c([N+](=O)[O-])cc1[N+](=O)[O-])Oc1cc(cc(-c3c4nc(c(-c5ccccc5)c5ccc([nH]5)c(-c5ccccc5)c5nc(c(-c6ccccc6)c6ccc3[nH]6)C=C5)C=C4)c1)O2. The molecule has 3 aliphatic heterocycles. The molecule has 0 spiro atoms. The summed E-state index contributed by atoms with van der Waals surface area (Å²) < 4.78 is 24.6. The minimum absolute atomic E-state index is 0.211. The van der Waals surface area contributed by atoms with E-state index in [4.69, 9.17) is 28.9 Å². The van der Waals surface area contributed by atoms with Crippen LogP contribution >= 0.6 is 0 Å². The quantitative estimate of drug-likeness (QED) is 0.0941. The van der Waals surface area contributed by atoms with Gasteiger partial charge in [0.15, 0.2) is 0 Å². The third-order valence-corrected chi connectivity index (χ3v) is 13.8. The Morgan fingerprint density at radius 2 is 0.614 bits per heavy atom. The van der Waals surface area contributed by atoms with Gasteiger partial charge in [-0.05, 0) is 83.0 Å². The van der Waals surface area contributed by atoms with Crippen LogP contribution in [0.4, 0.5) is 22.7 Å². The molecule has 83 heavy (non-hydrogen) atoms. The number of phenolic OH excluding ortho intramolecular Hbond substituents is 1. The van der Waals surface area contributed by atoms with E-state index < -0.39 is 71.2 Å². The van der Waals surface area contributed by atoms with E-state index in [1.165, 1.54) is 18.2 Å². The second-order valence-corrected chi connectivity index (χ2v) is 19.0. The van der Waals surface area contributed by atoms with Gasteiger partial charge in [0.25, 0.3) is 0 Å². The number of nitro groups is 4. The molecule has 0 fully saturated rings. The Bertz CT molecular complexity index is 4500. The van der Waals surface area contributed by atoms with E-state index >= 15 is 0 Å². The highest BCUT2D eigenvalue weighted by Crippen LogP contribution is 2.49. The van der Waals surface area contributed by atoms with Crippen molar-refractivity contribution >= 4 is 69.1 Å².